The number of aromatic nitrogens is 2. The van der Waals surface area contributed by atoms with Crippen LogP contribution in [0.15, 0.2) is 24.5 Å². The molecular formula is C12H16N4. The fourth-order valence-corrected chi connectivity index (χ4v) is 2.33. The Balaban J connectivity index is 1.97. The molecule has 1 aromatic heterocycles. The summed E-state index contributed by atoms with van der Waals surface area (Å²) in [6.45, 7) is 5.44. The number of H-pyrrole nitrogens is 1. The van der Waals surface area contributed by atoms with Crippen molar-refractivity contribution in [2.75, 3.05) is 24.5 Å². The van der Waals surface area contributed by atoms with Gasteiger partial charge in [-0.2, -0.15) is 0 Å². The summed E-state index contributed by atoms with van der Waals surface area (Å²) in [7, 11) is 0. The lowest BCUT2D eigenvalue weighted by Crippen LogP contribution is -2.49. The molecule has 3 rings (SSSR count). The molecule has 16 heavy (non-hydrogen) atoms. The molecule has 2 N–H and O–H groups in total. The highest BCUT2D eigenvalue weighted by molar-refractivity contribution is 5.79. The number of aromatic amines is 1. The lowest BCUT2D eigenvalue weighted by Gasteiger charge is -2.35. The molecule has 0 radical (unpaired) electrons. The van der Waals surface area contributed by atoms with Gasteiger partial charge >= 0.3 is 0 Å². The lowest BCUT2D eigenvalue weighted by atomic mass is 10.1. The Kier molecular flexibility index (Phi) is 2.29. The smallest absolute Gasteiger partial charge is 0.0931 e. The molecule has 0 amide bonds. The van der Waals surface area contributed by atoms with Crippen LogP contribution in [0.4, 0.5) is 5.69 Å². The van der Waals surface area contributed by atoms with Crippen LogP contribution in [0.25, 0.3) is 11.0 Å². The van der Waals surface area contributed by atoms with E-state index in [2.05, 4.69) is 45.3 Å². The molecule has 1 atom stereocenters. The van der Waals surface area contributed by atoms with Gasteiger partial charge in [0.15, 0.2) is 0 Å². The molecule has 4 heteroatoms. The van der Waals surface area contributed by atoms with Crippen LogP contribution in [0.3, 0.4) is 0 Å². The van der Waals surface area contributed by atoms with Gasteiger partial charge in [0.05, 0.1) is 17.4 Å². The molecule has 2 heterocycles. The number of benzene rings is 1. The Bertz CT molecular complexity index is 490. The largest absolute Gasteiger partial charge is 0.366 e. The van der Waals surface area contributed by atoms with Crippen molar-refractivity contribution in [2.24, 2.45) is 0 Å². The molecule has 0 saturated carbocycles. The van der Waals surface area contributed by atoms with Crippen molar-refractivity contribution < 1.29 is 0 Å². The molecule has 84 valence electrons. The predicted octanol–water partition coefficient (Wildman–Crippen LogP) is 1.36. The van der Waals surface area contributed by atoms with Crippen LogP contribution in [0.1, 0.15) is 6.92 Å². The second-order valence-electron chi connectivity index (χ2n) is 4.35. The molecule has 1 aliphatic rings. The van der Waals surface area contributed by atoms with Crippen LogP contribution in [0.2, 0.25) is 0 Å². The molecule has 1 aromatic carbocycles. The Hall–Kier alpha value is -1.55. The highest BCUT2D eigenvalue weighted by atomic mass is 15.2. The summed E-state index contributed by atoms with van der Waals surface area (Å²) in [6.07, 6.45) is 1.75. The van der Waals surface area contributed by atoms with Crippen molar-refractivity contribution in [3.8, 4) is 0 Å². The van der Waals surface area contributed by atoms with E-state index in [0.29, 0.717) is 6.04 Å². The van der Waals surface area contributed by atoms with Crippen molar-refractivity contribution in [3.05, 3.63) is 24.5 Å². The van der Waals surface area contributed by atoms with Crippen LogP contribution < -0.4 is 10.2 Å². The minimum absolute atomic E-state index is 0.550. The van der Waals surface area contributed by atoms with Crippen molar-refractivity contribution >= 4 is 16.7 Å². The fourth-order valence-electron chi connectivity index (χ4n) is 2.33. The van der Waals surface area contributed by atoms with Gasteiger partial charge in [0, 0.05) is 31.4 Å². The maximum Gasteiger partial charge on any atom is 0.0931 e. The average Bonchev–Trinajstić information content (AvgIpc) is 2.76. The van der Waals surface area contributed by atoms with Crippen molar-refractivity contribution in [1.29, 1.82) is 0 Å². The Labute approximate surface area is 94.7 Å². The summed E-state index contributed by atoms with van der Waals surface area (Å²) in [5, 5.41) is 3.40. The summed E-state index contributed by atoms with van der Waals surface area (Å²) in [5.41, 5.74) is 3.43. The van der Waals surface area contributed by atoms with Crippen molar-refractivity contribution in [2.45, 2.75) is 13.0 Å². The van der Waals surface area contributed by atoms with E-state index >= 15 is 0 Å². The zero-order valence-corrected chi connectivity index (χ0v) is 9.40. The first kappa shape index (κ1) is 9.66. The Morgan fingerprint density at radius 1 is 1.44 bits per heavy atom. The number of hydrogen-bond donors (Lipinski definition) is 2. The van der Waals surface area contributed by atoms with Crippen LogP contribution in [0.5, 0.6) is 0 Å². The molecule has 0 bridgehead atoms. The molecule has 1 saturated heterocycles. The SMILES string of the molecule is C[C@H]1CNCCN1c1ccc2nc[nH]c2c1. The van der Waals surface area contributed by atoms with Gasteiger partial charge in [-0.15, -0.1) is 0 Å². The maximum absolute atomic E-state index is 4.24. The molecule has 1 aliphatic heterocycles. The quantitative estimate of drug-likeness (QED) is 0.756. The van der Waals surface area contributed by atoms with E-state index in [1.165, 1.54) is 5.69 Å². The summed E-state index contributed by atoms with van der Waals surface area (Å²) >= 11 is 0. The molecule has 2 aromatic rings. The molecule has 0 aliphatic carbocycles. The summed E-state index contributed by atoms with van der Waals surface area (Å²) < 4.78 is 0. The van der Waals surface area contributed by atoms with E-state index in [-0.39, 0.29) is 0 Å². The first-order chi connectivity index (χ1) is 7.84. The van der Waals surface area contributed by atoms with E-state index in [4.69, 9.17) is 0 Å². The van der Waals surface area contributed by atoms with Gasteiger partial charge in [-0.3, -0.25) is 0 Å². The third-order valence-corrected chi connectivity index (χ3v) is 3.24. The first-order valence-corrected chi connectivity index (χ1v) is 5.75. The number of anilines is 1. The van der Waals surface area contributed by atoms with Gasteiger partial charge in [-0.25, -0.2) is 4.98 Å². The third kappa shape index (κ3) is 1.55. The number of hydrogen-bond acceptors (Lipinski definition) is 3. The highest BCUT2D eigenvalue weighted by Crippen LogP contribution is 2.22. The number of nitrogens with zero attached hydrogens (tertiary/aromatic N) is 2. The zero-order valence-electron chi connectivity index (χ0n) is 9.40. The van der Waals surface area contributed by atoms with E-state index in [1.54, 1.807) is 6.33 Å². The van der Waals surface area contributed by atoms with Crippen LogP contribution in [0, 0.1) is 0 Å². The van der Waals surface area contributed by atoms with Crippen molar-refractivity contribution in [3.63, 3.8) is 0 Å². The number of piperazine rings is 1. The van der Waals surface area contributed by atoms with Gasteiger partial charge in [0.1, 0.15) is 0 Å². The first-order valence-electron chi connectivity index (χ1n) is 5.75. The summed E-state index contributed by atoms with van der Waals surface area (Å²) in [4.78, 5) is 9.84. The summed E-state index contributed by atoms with van der Waals surface area (Å²) in [6, 6.07) is 6.97. The molecule has 0 spiro atoms. The topological polar surface area (TPSA) is 44.0 Å². The fraction of sp³-hybridized carbons (Fsp3) is 0.417. The van der Waals surface area contributed by atoms with Gasteiger partial charge in [0.2, 0.25) is 0 Å². The maximum atomic E-state index is 4.24. The van der Waals surface area contributed by atoms with Crippen LogP contribution >= 0.6 is 0 Å². The lowest BCUT2D eigenvalue weighted by molar-refractivity contribution is 0.501. The zero-order chi connectivity index (χ0) is 11.0. The number of rotatable bonds is 1. The minimum atomic E-state index is 0.550. The van der Waals surface area contributed by atoms with Gasteiger partial charge in [-0.1, -0.05) is 0 Å². The second-order valence-corrected chi connectivity index (χ2v) is 4.35. The standard InChI is InChI=1S/C12H16N4/c1-9-7-13-4-5-16(9)10-2-3-11-12(6-10)15-8-14-11/h2-3,6,8-9,13H,4-5,7H2,1H3,(H,14,15)/t9-/m0/s1. The second kappa shape index (κ2) is 3.79. The predicted molar refractivity (Wildman–Crippen MR) is 65.8 cm³/mol. The molecule has 4 nitrogen and oxygen atoms in total. The Morgan fingerprint density at radius 2 is 2.38 bits per heavy atom. The molecular weight excluding hydrogens is 200 g/mol. The van der Waals surface area contributed by atoms with Gasteiger partial charge in [-0.05, 0) is 25.1 Å². The van der Waals surface area contributed by atoms with Crippen LogP contribution in [-0.2, 0) is 0 Å². The number of imidazole rings is 1. The van der Waals surface area contributed by atoms with Crippen molar-refractivity contribution in [1.82, 2.24) is 15.3 Å². The van der Waals surface area contributed by atoms with E-state index < -0.39 is 0 Å². The number of fused-ring (bicyclic) bond motifs is 1. The normalized spacial score (nSPS) is 21.6. The highest BCUT2D eigenvalue weighted by Gasteiger charge is 2.18. The van der Waals surface area contributed by atoms with Gasteiger partial charge < -0.3 is 15.2 Å². The van der Waals surface area contributed by atoms with E-state index in [0.717, 1.165) is 30.7 Å². The van der Waals surface area contributed by atoms with Crippen LogP contribution in [-0.4, -0.2) is 35.6 Å². The number of nitrogens with one attached hydrogen (secondary N) is 2. The average molecular weight is 216 g/mol. The molecule has 0 unspecified atom stereocenters. The monoisotopic (exact) mass is 216 g/mol. The molecule has 1 fully saturated rings. The van der Waals surface area contributed by atoms with E-state index in [9.17, 15) is 0 Å². The third-order valence-electron chi connectivity index (χ3n) is 3.24. The Morgan fingerprint density at radius 3 is 3.25 bits per heavy atom. The minimum Gasteiger partial charge on any atom is -0.366 e. The van der Waals surface area contributed by atoms with E-state index in [1.807, 2.05) is 0 Å². The summed E-state index contributed by atoms with van der Waals surface area (Å²) in [5.74, 6) is 0. The van der Waals surface area contributed by atoms with Gasteiger partial charge in [0.25, 0.3) is 0 Å².